The highest BCUT2D eigenvalue weighted by molar-refractivity contribution is 7.10. The van der Waals surface area contributed by atoms with Crippen LogP contribution in [0.3, 0.4) is 0 Å². The minimum absolute atomic E-state index is 0.0337. The van der Waals surface area contributed by atoms with Gasteiger partial charge in [-0.15, -0.1) is 11.3 Å². The molecule has 7 heteroatoms. The lowest BCUT2D eigenvalue weighted by molar-refractivity contribution is -0.143. The van der Waals surface area contributed by atoms with Crippen LogP contribution in [0.4, 0.5) is 4.39 Å². The molecular formula is C29H33FN2O3S. The second-order valence-electron chi connectivity index (χ2n) is 9.37. The summed E-state index contributed by atoms with van der Waals surface area (Å²) in [7, 11) is 0. The lowest BCUT2D eigenvalue weighted by Crippen LogP contribution is -2.48. The third-order valence-electron chi connectivity index (χ3n) is 6.73. The van der Waals surface area contributed by atoms with Gasteiger partial charge >= 0.3 is 0 Å². The molecule has 2 heterocycles. The van der Waals surface area contributed by atoms with Gasteiger partial charge in [-0.25, -0.2) is 4.39 Å². The molecule has 0 N–H and O–H groups in total. The summed E-state index contributed by atoms with van der Waals surface area (Å²) in [5.74, 6) is 0.216. The monoisotopic (exact) mass is 508 g/mol. The molecule has 0 saturated heterocycles. The molecule has 4 rings (SSSR count). The topological polar surface area (TPSA) is 49.9 Å². The van der Waals surface area contributed by atoms with Gasteiger partial charge in [-0.05, 0) is 47.0 Å². The lowest BCUT2D eigenvalue weighted by atomic mass is 10.00. The number of rotatable bonds is 10. The highest BCUT2D eigenvalue weighted by Crippen LogP contribution is 2.34. The van der Waals surface area contributed by atoms with Crippen molar-refractivity contribution < 1.29 is 18.7 Å². The first kappa shape index (κ1) is 25.9. The van der Waals surface area contributed by atoms with E-state index in [0.29, 0.717) is 18.8 Å². The van der Waals surface area contributed by atoms with Crippen molar-refractivity contribution in [3.05, 3.63) is 87.9 Å². The van der Waals surface area contributed by atoms with E-state index in [1.54, 1.807) is 28.4 Å². The second-order valence-corrected chi connectivity index (χ2v) is 10.4. The Hall–Kier alpha value is -3.19. The average molecular weight is 509 g/mol. The van der Waals surface area contributed by atoms with Crippen molar-refractivity contribution in [3.63, 3.8) is 0 Å². The largest absolute Gasteiger partial charge is 0.491 e. The first-order chi connectivity index (χ1) is 17.4. The SMILES string of the molecule is CC[C@H](C)CN(CC(=O)N1CCc2sccc2[C@H]1COc1cccc(F)c1)C(=O)Cc1ccccc1. The van der Waals surface area contributed by atoms with Gasteiger partial charge in [0.2, 0.25) is 11.8 Å². The summed E-state index contributed by atoms with van der Waals surface area (Å²) < 4.78 is 19.6. The number of nitrogens with zero attached hydrogens (tertiary/aromatic N) is 2. The number of thiophene rings is 1. The van der Waals surface area contributed by atoms with Crippen molar-refractivity contribution in [2.75, 3.05) is 26.2 Å². The predicted octanol–water partition coefficient (Wildman–Crippen LogP) is 5.51. The van der Waals surface area contributed by atoms with Crippen LogP contribution in [0.2, 0.25) is 0 Å². The van der Waals surface area contributed by atoms with Crippen LogP contribution in [0.15, 0.2) is 66.0 Å². The molecule has 2 amide bonds. The molecule has 1 aliphatic rings. The van der Waals surface area contributed by atoms with E-state index < -0.39 is 0 Å². The molecule has 2 atom stereocenters. The Morgan fingerprint density at radius 2 is 1.97 bits per heavy atom. The maximum Gasteiger partial charge on any atom is 0.242 e. The molecule has 5 nitrogen and oxygen atoms in total. The number of ether oxygens (including phenoxy) is 1. The van der Waals surface area contributed by atoms with Crippen LogP contribution in [-0.4, -0.2) is 47.9 Å². The van der Waals surface area contributed by atoms with Gasteiger partial charge < -0.3 is 14.5 Å². The van der Waals surface area contributed by atoms with E-state index in [9.17, 15) is 14.0 Å². The van der Waals surface area contributed by atoms with Gasteiger partial charge in [-0.3, -0.25) is 9.59 Å². The van der Waals surface area contributed by atoms with Crippen LogP contribution < -0.4 is 4.74 Å². The molecule has 36 heavy (non-hydrogen) atoms. The Kier molecular flexibility index (Phi) is 8.75. The summed E-state index contributed by atoms with van der Waals surface area (Å²) in [6.07, 6.45) is 1.97. The Labute approximate surface area is 216 Å². The number of halogens is 1. The number of amides is 2. The van der Waals surface area contributed by atoms with Crippen LogP contribution in [0.5, 0.6) is 5.75 Å². The molecule has 0 radical (unpaired) electrons. The number of carbonyl (C=O) groups excluding carboxylic acids is 2. The van der Waals surface area contributed by atoms with Crippen molar-refractivity contribution in [2.45, 2.75) is 39.2 Å². The van der Waals surface area contributed by atoms with E-state index in [1.165, 1.54) is 17.0 Å². The summed E-state index contributed by atoms with van der Waals surface area (Å²) in [4.78, 5) is 31.7. The van der Waals surface area contributed by atoms with Crippen LogP contribution in [0.1, 0.15) is 42.3 Å². The van der Waals surface area contributed by atoms with Crippen molar-refractivity contribution in [3.8, 4) is 5.75 Å². The Balaban J connectivity index is 1.50. The van der Waals surface area contributed by atoms with Crippen LogP contribution >= 0.6 is 11.3 Å². The number of benzene rings is 2. The minimum Gasteiger partial charge on any atom is -0.491 e. The van der Waals surface area contributed by atoms with Crippen molar-refractivity contribution in [1.82, 2.24) is 9.80 Å². The van der Waals surface area contributed by atoms with Gasteiger partial charge in [-0.1, -0.05) is 56.7 Å². The molecule has 1 aromatic heterocycles. The summed E-state index contributed by atoms with van der Waals surface area (Å²) >= 11 is 1.68. The zero-order valence-corrected chi connectivity index (χ0v) is 21.7. The van der Waals surface area contributed by atoms with Crippen molar-refractivity contribution in [2.24, 2.45) is 5.92 Å². The van der Waals surface area contributed by atoms with E-state index in [-0.39, 0.29) is 49.2 Å². The summed E-state index contributed by atoms with van der Waals surface area (Å²) in [6, 6.07) is 17.4. The van der Waals surface area contributed by atoms with Gasteiger partial charge in [0, 0.05) is 24.0 Å². The maximum atomic E-state index is 13.7. The summed E-state index contributed by atoms with van der Waals surface area (Å²) in [6.45, 7) is 5.55. The molecule has 0 spiro atoms. The fourth-order valence-electron chi connectivity index (χ4n) is 4.50. The summed E-state index contributed by atoms with van der Waals surface area (Å²) in [5, 5.41) is 2.03. The molecular weight excluding hydrogens is 475 g/mol. The normalized spacial score (nSPS) is 15.8. The van der Waals surface area contributed by atoms with E-state index >= 15 is 0 Å². The van der Waals surface area contributed by atoms with Gasteiger partial charge in [0.15, 0.2) is 0 Å². The van der Waals surface area contributed by atoms with Crippen LogP contribution in [0.25, 0.3) is 0 Å². The first-order valence-corrected chi connectivity index (χ1v) is 13.4. The third-order valence-corrected chi connectivity index (χ3v) is 7.72. The zero-order chi connectivity index (χ0) is 25.5. The number of hydrogen-bond donors (Lipinski definition) is 0. The predicted molar refractivity (Wildman–Crippen MR) is 141 cm³/mol. The standard InChI is InChI=1S/C29H33FN2O3S/c1-3-21(2)18-31(28(33)16-22-8-5-4-6-9-22)19-29(34)32-14-12-27-25(13-15-36-27)26(32)20-35-24-11-7-10-23(30)17-24/h4-11,13,15,17,21,26H,3,12,14,16,18-20H2,1-2H3/t21-,26+/m0/s1. The Morgan fingerprint density at radius 3 is 2.72 bits per heavy atom. The fourth-order valence-corrected chi connectivity index (χ4v) is 5.43. The molecule has 190 valence electrons. The van der Waals surface area contributed by atoms with Gasteiger partial charge in [0.05, 0.1) is 19.0 Å². The quantitative estimate of drug-likeness (QED) is 0.363. The maximum absolute atomic E-state index is 13.7. The van der Waals surface area contributed by atoms with E-state index in [2.05, 4.69) is 13.8 Å². The van der Waals surface area contributed by atoms with Gasteiger partial charge in [0.25, 0.3) is 0 Å². The third kappa shape index (κ3) is 6.52. The van der Waals surface area contributed by atoms with E-state index in [0.717, 1.165) is 24.0 Å². The number of carbonyl (C=O) groups is 2. The molecule has 1 aliphatic heterocycles. The summed E-state index contributed by atoms with van der Waals surface area (Å²) in [5.41, 5.74) is 2.01. The molecule has 3 aromatic rings. The zero-order valence-electron chi connectivity index (χ0n) is 20.9. The molecule has 0 fully saturated rings. The van der Waals surface area contributed by atoms with Gasteiger partial charge in [0.1, 0.15) is 18.2 Å². The van der Waals surface area contributed by atoms with Gasteiger partial charge in [-0.2, -0.15) is 0 Å². The minimum atomic E-state index is -0.363. The Bertz CT molecular complexity index is 1170. The van der Waals surface area contributed by atoms with Crippen molar-refractivity contribution in [1.29, 1.82) is 0 Å². The highest BCUT2D eigenvalue weighted by atomic mass is 32.1. The molecule has 0 bridgehead atoms. The van der Waals surface area contributed by atoms with Crippen molar-refractivity contribution >= 4 is 23.2 Å². The Morgan fingerprint density at radius 1 is 1.17 bits per heavy atom. The van der Waals surface area contributed by atoms with E-state index in [4.69, 9.17) is 4.74 Å². The molecule has 0 aliphatic carbocycles. The van der Waals surface area contributed by atoms with Crippen LogP contribution in [0, 0.1) is 11.7 Å². The molecule has 2 aromatic carbocycles. The highest BCUT2D eigenvalue weighted by Gasteiger charge is 2.33. The number of fused-ring (bicyclic) bond motifs is 1. The first-order valence-electron chi connectivity index (χ1n) is 12.5. The molecule has 0 saturated carbocycles. The fraction of sp³-hybridized carbons (Fsp3) is 0.379. The second kappa shape index (κ2) is 12.2. The molecule has 0 unspecified atom stereocenters. The number of hydrogen-bond acceptors (Lipinski definition) is 4. The van der Waals surface area contributed by atoms with E-state index in [1.807, 2.05) is 46.7 Å². The average Bonchev–Trinajstić information content (AvgIpc) is 3.36. The van der Waals surface area contributed by atoms with Crippen LogP contribution in [-0.2, 0) is 22.4 Å². The lowest BCUT2D eigenvalue weighted by Gasteiger charge is -2.37. The smallest absolute Gasteiger partial charge is 0.242 e.